The summed E-state index contributed by atoms with van der Waals surface area (Å²) in [7, 11) is 3.62. The van der Waals surface area contributed by atoms with Gasteiger partial charge in [0, 0.05) is 13.2 Å². The maximum atomic E-state index is 4.83. The van der Waals surface area contributed by atoms with E-state index in [9.17, 15) is 0 Å². The van der Waals surface area contributed by atoms with E-state index in [0.29, 0.717) is 6.04 Å². The summed E-state index contributed by atoms with van der Waals surface area (Å²) < 4.78 is 4.83. The van der Waals surface area contributed by atoms with Crippen LogP contribution < -0.4 is 5.32 Å². The summed E-state index contributed by atoms with van der Waals surface area (Å²) in [6.45, 7) is 2.86. The molecule has 0 aromatic heterocycles. The maximum Gasteiger partial charge on any atom is 0.0613 e. The van der Waals surface area contributed by atoms with Gasteiger partial charge in [0.15, 0.2) is 0 Å². The van der Waals surface area contributed by atoms with E-state index in [4.69, 9.17) is 4.74 Å². The third-order valence-electron chi connectivity index (χ3n) is 0.909. The van der Waals surface area contributed by atoms with Gasteiger partial charge in [0.2, 0.25) is 0 Å². The van der Waals surface area contributed by atoms with Crippen LogP contribution in [0, 0.1) is 0 Å². The third kappa shape index (κ3) is 15.7. The van der Waals surface area contributed by atoms with Crippen molar-refractivity contribution in [2.24, 2.45) is 0 Å². The Morgan fingerprint density at radius 1 is 1.30 bits per heavy atom. The Balaban J connectivity index is -0.0000000600. The molecule has 0 saturated carbocycles. The average molecular weight is 151 g/mol. The molecular formula is C8H25NO. The molecule has 0 aromatic carbocycles. The molecule has 0 rings (SSSR count). The van der Waals surface area contributed by atoms with Crippen LogP contribution in [0.3, 0.4) is 0 Å². The second-order valence-electron chi connectivity index (χ2n) is 1.65. The molecule has 0 radical (unpaired) electrons. The van der Waals surface area contributed by atoms with Crippen molar-refractivity contribution in [3.8, 4) is 0 Å². The second-order valence-corrected chi connectivity index (χ2v) is 1.65. The Kier molecular flexibility index (Phi) is 36.0. The zero-order chi connectivity index (χ0) is 5.70. The third-order valence-corrected chi connectivity index (χ3v) is 0.909. The van der Waals surface area contributed by atoms with Crippen LogP contribution in [0.1, 0.15) is 29.2 Å². The van der Waals surface area contributed by atoms with Gasteiger partial charge >= 0.3 is 0 Å². The van der Waals surface area contributed by atoms with Crippen LogP contribution in [0.25, 0.3) is 0 Å². The minimum absolute atomic E-state index is 0. The highest BCUT2D eigenvalue weighted by molar-refractivity contribution is 4.51. The van der Waals surface area contributed by atoms with Crippen LogP contribution in [0.4, 0.5) is 0 Å². The van der Waals surface area contributed by atoms with E-state index in [1.54, 1.807) is 7.11 Å². The first kappa shape index (κ1) is 22.5. The van der Waals surface area contributed by atoms with Gasteiger partial charge in [0.05, 0.1) is 6.61 Å². The molecule has 0 aliphatic carbocycles. The monoisotopic (exact) mass is 151 g/mol. The first-order valence-corrected chi connectivity index (χ1v) is 2.47. The predicted molar refractivity (Wildman–Crippen MR) is 50.6 cm³/mol. The van der Waals surface area contributed by atoms with Gasteiger partial charge in [-0.1, -0.05) is 22.3 Å². The summed E-state index contributed by atoms with van der Waals surface area (Å²) in [5, 5.41) is 3.04. The fourth-order valence-corrected chi connectivity index (χ4v) is 0.333. The van der Waals surface area contributed by atoms with E-state index >= 15 is 0 Å². The van der Waals surface area contributed by atoms with Gasteiger partial charge in [-0.25, -0.2) is 0 Å². The number of hydrogen-bond acceptors (Lipinski definition) is 2. The molecule has 0 heterocycles. The van der Waals surface area contributed by atoms with Crippen LogP contribution in [-0.4, -0.2) is 26.8 Å². The zero-order valence-corrected chi connectivity index (χ0v) is 5.19. The minimum Gasteiger partial charge on any atom is -0.383 e. The van der Waals surface area contributed by atoms with Crippen molar-refractivity contribution < 1.29 is 4.74 Å². The van der Waals surface area contributed by atoms with Gasteiger partial charge in [0.25, 0.3) is 0 Å². The lowest BCUT2D eigenvalue weighted by Gasteiger charge is -2.05. The summed E-state index contributed by atoms with van der Waals surface area (Å²) in [6.07, 6.45) is 0. The van der Waals surface area contributed by atoms with E-state index in [1.807, 2.05) is 7.05 Å². The van der Waals surface area contributed by atoms with E-state index in [0.717, 1.165) is 6.61 Å². The summed E-state index contributed by atoms with van der Waals surface area (Å²) in [5.41, 5.74) is 0. The molecule has 0 spiro atoms. The zero-order valence-electron chi connectivity index (χ0n) is 5.19. The molecule has 0 bridgehead atoms. The largest absolute Gasteiger partial charge is 0.383 e. The standard InChI is InChI=1S/C5H13NO.3CH4/c1-5(6-2)4-7-3;;;/h5-6H,4H2,1-3H3;3*1H4. The van der Waals surface area contributed by atoms with Crippen molar-refractivity contribution in [3.63, 3.8) is 0 Å². The molecule has 2 nitrogen and oxygen atoms in total. The first-order valence-electron chi connectivity index (χ1n) is 2.47. The molecule has 0 aliphatic rings. The molecule has 1 atom stereocenters. The topological polar surface area (TPSA) is 21.3 Å². The van der Waals surface area contributed by atoms with Crippen molar-refractivity contribution >= 4 is 0 Å². The number of rotatable bonds is 3. The van der Waals surface area contributed by atoms with Crippen molar-refractivity contribution in [1.29, 1.82) is 0 Å². The Bertz CT molecular complexity index is 40.2. The highest BCUT2D eigenvalue weighted by Gasteiger charge is 1.91. The maximum absolute atomic E-state index is 4.83. The summed E-state index contributed by atoms with van der Waals surface area (Å²) in [4.78, 5) is 0. The summed E-state index contributed by atoms with van der Waals surface area (Å²) in [5.74, 6) is 0. The van der Waals surface area contributed by atoms with Gasteiger partial charge in [-0.15, -0.1) is 0 Å². The van der Waals surface area contributed by atoms with E-state index < -0.39 is 0 Å². The Morgan fingerprint density at radius 3 is 1.80 bits per heavy atom. The molecular weight excluding hydrogens is 126 g/mol. The Morgan fingerprint density at radius 2 is 1.70 bits per heavy atom. The first-order chi connectivity index (χ1) is 3.31. The van der Waals surface area contributed by atoms with Crippen LogP contribution in [0.5, 0.6) is 0 Å². The van der Waals surface area contributed by atoms with E-state index in [2.05, 4.69) is 12.2 Å². The normalized spacial score (nSPS) is 9.90. The van der Waals surface area contributed by atoms with Crippen molar-refractivity contribution in [1.82, 2.24) is 5.32 Å². The summed E-state index contributed by atoms with van der Waals surface area (Å²) in [6, 6.07) is 0.477. The van der Waals surface area contributed by atoms with Gasteiger partial charge in [-0.2, -0.15) is 0 Å². The fraction of sp³-hybridized carbons (Fsp3) is 1.00. The Hall–Kier alpha value is -0.0800. The van der Waals surface area contributed by atoms with Crippen molar-refractivity contribution in [3.05, 3.63) is 0 Å². The second kappa shape index (κ2) is 16.0. The van der Waals surface area contributed by atoms with Crippen LogP contribution >= 0.6 is 0 Å². The van der Waals surface area contributed by atoms with Crippen LogP contribution in [0.2, 0.25) is 0 Å². The molecule has 2 heteroatoms. The fourth-order valence-electron chi connectivity index (χ4n) is 0.333. The lowest BCUT2D eigenvalue weighted by atomic mass is 10.4. The van der Waals surface area contributed by atoms with E-state index in [-0.39, 0.29) is 22.3 Å². The number of methoxy groups -OCH3 is 1. The van der Waals surface area contributed by atoms with Crippen LogP contribution in [0.15, 0.2) is 0 Å². The smallest absolute Gasteiger partial charge is 0.0613 e. The number of hydrogen-bond donors (Lipinski definition) is 1. The van der Waals surface area contributed by atoms with Crippen molar-refractivity contribution in [2.75, 3.05) is 20.8 Å². The van der Waals surface area contributed by atoms with Gasteiger partial charge < -0.3 is 10.1 Å². The summed E-state index contributed by atoms with van der Waals surface area (Å²) >= 11 is 0. The molecule has 0 aromatic rings. The van der Waals surface area contributed by atoms with Crippen molar-refractivity contribution in [2.45, 2.75) is 35.2 Å². The molecule has 1 N–H and O–H groups in total. The number of ether oxygens (including phenoxy) is 1. The van der Waals surface area contributed by atoms with E-state index in [1.165, 1.54) is 0 Å². The van der Waals surface area contributed by atoms with Gasteiger partial charge in [0.1, 0.15) is 0 Å². The molecule has 10 heavy (non-hydrogen) atoms. The number of likely N-dealkylation sites (N-methyl/N-ethyl adjacent to an activating group) is 1. The Labute approximate surface area is 67.0 Å². The molecule has 1 unspecified atom stereocenters. The van der Waals surface area contributed by atoms with Crippen LogP contribution in [-0.2, 0) is 4.74 Å². The predicted octanol–water partition coefficient (Wildman–Crippen LogP) is 2.15. The highest BCUT2D eigenvalue weighted by Crippen LogP contribution is 1.76. The molecule has 0 saturated heterocycles. The van der Waals surface area contributed by atoms with Gasteiger partial charge in [-0.3, -0.25) is 0 Å². The average Bonchev–Trinajstić information content (AvgIpc) is 1.68. The quantitative estimate of drug-likeness (QED) is 0.667. The lowest BCUT2D eigenvalue weighted by Crippen LogP contribution is -2.25. The molecule has 0 fully saturated rings. The lowest BCUT2D eigenvalue weighted by molar-refractivity contribution is 0.175. The molecule has 0 amide bonds. The molecule has 0 aliphatic heterocycles. The minimum atomic E-state index is 0. The molecule has 68 valence electrons. The van der Waals surface area contributed by atoms with Gasteiger partial charge in [-0.05, 0) is 14.0 Å². The SMILES string of the molecule is C.C.C.CNC(C)COC. The number of nitrogens with one attached hydrogen (secondary N) is 1. The highest BCUT2D eigenvalue weighted by atomic mass is 16.5.